The topological polar surface area (TPSA) is 38.3 Å². The molecule has 0 aliphatic carbocycles. The van der Waals surface area contributed by atoms with E-state index in [-0.39, 0.29) is 11.7 Å². The van der Waals surface area contributed by atoms with E-state index in [1.54, 1.807) is 13.2 Å². The highest BCUT2D eigenvalue weighted by atomic mass is 19.1. The zero-order valence-electron chi connectivity index (χ0n) is 14.2. The number of hydrogen-bond donors (Lipinski definition) is 1. The number of nitrogens with one attached hydrogen (secondary N) is 1. The van der Waals surface area contributed by atoms with Gasteiger partial charge in [-0.2, -0.15) is 0 Å². The Kier molecular flexibility index (Phi) is 4.14. The van der Waals surface area contributed by atoms with E-state index in [1.165, 1.54) is 12.1 Å². The smallest absolute Gasteiger partial charge is 0.256 e. The number of benzene rings is 2. The Labute approximate surface area is 141 Å². The molecule has 124 valence electrons. The number of aryl methyl sites for hydroxylation is 1. The average Bonchev–Trinajstić information content (AvgIpc) is 2.84. The van der Waals surface area contributed by atoms with Crippen LogP contribution in [0.2, 0.25) is 0 Å². The Morgan fingerprint density at radius 2 is 1.96 bits per heavy atom. The van der Waals surface area contributed by atoms with Crippen molar-refractivity contribution < 1.29 is 13.9 Å². The summed E-state index contributed by atoms with van der Waals surface area (Å²) in [4.78, 5) is 12.3. The average molecular weight is 325 g/mol. The maximum atomic E-state index is 13.6. The number of carbonyl (C=O) groups excluding carboxylic acids is 1. The van der Waals surface area contributed by atoms with Gasteiger partial charge in [0, 0.05) is 16.8 Å². The molecule has 0 bridgehead atoms. The highest BCUT2D eigenvalue weighted by molar-refractivity contribution is 6.34. The fourth-order valence-corrected chi connectivity index (χ4v) is 2.96. The van der Waals surface area contributed by atoms with Crippen LogP contribution in [0.1, 0.15) is 42.0 Å². The molecule has 1 aliphatic rings. The largest absolute Gasteiger partial charge is 0.496 e. The molecule has 0 atom stereocenters. The molecule has 24 heavy (non-hydrogen) atoms. The summed E-state index contributed by atoms with van der Waals surface area (Å²) in [5, 5.41) is 2.78. The normalized spacial score (nSPS) is 14.9. The van der Waals surface area contributed by atoms with Crippen molar-refractivity contribution in [2.45, 2.75) is 26.7 Å². The first-order chi connectivity index (χ1) is 11.4. The second-order valence-corrected chi connectivity index (χ2v) is 6.31. The van der Waals surface area contributed by atoms with Crippen LogP contribution in [-0.4, -0.2) is 13.0 Å². The van der Waals surface area contributed by atoms with Crippen molar-refractivity contribution in [3.8, 4) is 5.75 Å². The van der Waals surface area contributed by atoms with Gasteiger partial charge in [-0.25, -0.2) is 4.39 Å². The van der Waals surface area contributed by atoms with Crippen molar-refractivity contribution in [2.75, 3.05) is 12.4 Å². The van der Waals surface area contributed by atoms with Gasteiger partial charge in [0.05, 0.1) is 7.11 Å². The first kappa shape index (κ1) is 16.2. The molecule has 3 nitrogen and oxygen atoms in total. The van der Waals surface area contributed by atoms with E-state index < -0.39 is 0 Å². The minimum Gasteiger partial charge on any atom is -0.496 e. The molecule has 1 N–H and O–H groups in total. The standard InChI is InChI=1S/C20H20FNO2/c1-11(2)15-8-13(12(3)7-19(15)24-4)9-17-16-10-14(21)5-6-18(16)22-20(17)23/h5-11H,1-4H3,(H,22,23)/b17-9-. The molecule has 0 aromatic heterocycles. The molecule has 1 heterocycles. The number of hydrogen-bond acceptors (Lipinski definition) is 2. The summed E-state index contributed by atoms with van der Waals surface area (Å²) in [5.41, 5.74) is 4.73. The van der Waals surface area contributed by atoms with E-state index in [0.717, 1.165) is 22.4 Å². The van der Waals surface area contributed by atoms with Crippen molar-refractivity contribution in [3.63, 3.8) is 0 Å². The second kappa shape index (κ2) is 6.11. The van der Waals surface area contributed by atoms with Crippen LogP contribution >= 0.6 is 0 Å². The second-order valence-electron chi connectivity index (χ2n) is 6.31. The summed E-state index contributed by atoms with van der Waals surface area (Å²) in [7, 11) is 1.65. The van der Waals surface area contributed by atoms with Gasteiger partial charge < -0.3 is 10.1 Å². The van der Waals surface area contributed by atoms with Gasteiger partial charge in [0.25, 0.3) is 5.91 Å². The van der Waals surface area contributed by atoms with Crippen LogP contribution in [0.4, 0.5) is 10.1 Å². The first-order valence-electron chi connectivity index (χ1n) is 7.92. The predicted octanol–water partition coefficient (Wildman–Crippen LogP) is 4.76. The Morgan fingerprint density at radius 3 is 2.62 bits per heavy atom. The molecule has 1 aliphatic heterocycles. The Morgan fingerprint density at radius 1 is 1.21 bits per heavy atom. The summed E-state index contributed by atoms with van der Waals surface area (Å²) in [5.74, 6) is 0.564. The molecule has 0 saturated heterocycles. The molecular formula is C20H20FNO2. The van der Waals surface area contributed by atoms with Gasteiger partial charge in [0.15, 0.2) is 0 Å². The summed E-state index contributed by atoms with van der Waals surface area (Å²) in [6.07, 6.45) is 1.82. The number of anilines is 1. The maximum Gasteiger partial charge on any atom is 0.256 e. The minimum absolute atomic E-state index is 0.211. The van der Waals surface area contributed by atoms with E-state index in [4.69, 9.17) is 4.74 Å². The monoisotopic (exact) mass is 325 g/mol. The van der Waals surface area contributed by atoms with Crippen LogP contribution in [0, 0.1) is 12.7 Å². The van der Waals surface area contributed by atoms with Crippen LogP contribution in [0.5, 0.6) is 5.75 Å². The van der Waals surface area contributed by atoms with Crippen LogP contribution < -0.4 is 10.1 Å². The van der Waals surface area contributed by atoms with Crippen LogP contribution in [0.3, 0.4) is 0 Å². The van der Waals surface area contributed by atoms with Gasteiger partial charge in [-0.1, -0.05) is 13.8 Å². The van der Waals surface area contributed by atoms with Gasteiger partial charge >= 0.3 is 0 Å². The molecule has 4 heteroatoms. The van der Waals surface area contributed by atoms with Crippen molar-refractivity contribution in [1.29, 1.82) is 0 Å². The third-order valence-corrected chi connectivity index (χ3v) is 4.30. The van der Waals surface area contributed by atoms with Gasteiger partial charge in [-0.3, -0.25) is 4.79 Å². The predicted molar refractivity (Wildman–Crippen MR) is 94.7 cm³/mol. The minimum atomic E-state index is -0.356. The Bertz CT molecular complexity index is 853. The first-order valence-corrected chi connectivity index (χ1v) is 7.92. The lowest BCUT2D eigenvalue weighted by Crippen LogP contribution is -2.04. The van der Waals surface area contributed by atoms with Crippen molar-refractivity contribution in [2.24, 2.45) is 0 Å². The molecule has 0 radical (unpaired) electrons. The van der Waals surface area contributed by atoms with E-state index in [1.807, 2.05) is 25.1 Å². The van der Waals surface area contributed by atoms with Crippen LogP contribution in [-0.2, 0) is 4.79 Å². The van der Waals surface area contributed by atoms with E-state index in [0.29, 0.717) is 22.7 Å². The third-order valence-electron chi connectivity index (χ3n) is 4.30. The summed E-state index contributed by atoms with van der Waals surface area (Å²) < 4.78 is 19.0. The third kappa shape index (κ3) is 2.80. The number of ether oxygens (including phenoxy) is 1. The maximum absolute atomic E-state index is 13.6. The zero-order chi connectivity index (χ0) is 17.4. The number of halogens is 1. The SMILES string of the molecule is COc1cc(C)c(/C=C2\C(=O)Nc3ccc(F)cc32)cc1C(C)C. The molecule has 0 saturated carbocycles. The van der Waals surface area contributed by atoms with Gasteiger partial charge in [-0.05, 0) is 65.9 Å². The molecule has 1 amide bonds. The van der Waals surface area contributed by atoms with Crippen molar-refractivity contribution in [1.82, 2.24) is 0 Å². The highest BCUT2D eigenvalue weighted by Gasteiger charge is 2.25. The molecule has 2 aromatic carbocycles. The van der Waals surface area contributed by atoms with E-state index >= 15 is 0 Å². The lowest BCUT2D eigenvalue weighted by molar-refractivity contribution is -0.110. The molecule has 2 aromatic rings. The Balaban J connectivity index is 2.14. The fourth-order valence-electron chi connectivity index (χ4n) is 2.96. The van der Waals surface area contributed by atoms with E-state index in [9.17, 15) is 9.18 Å². The molecule has 0 fully saturated rings. The summed E-state index contributed by atoms with van der Waals surface area (Å²) in [6, 6.07) is 8.33. The number of carbonyl (C=O) groups is 1. The lowest BCUT2D eigenvalue weighted by atomic mass is 9.94. The number of fused-ring (bicyclic) bond motifs is 1. The lowest BCUT2D eigenvalue weighted by Gasteiger charge is -2.15. The van der Waals surface area contributed by atoms with E-state index in [2.05, 4.69) is 19.2 Å². The van der Waals surface area contributed by atoms with Crippen LogP contribution in [0.15, 0.2) is 30.3 Å². The zero-order valence-corrected chi connectivity index (χ0v) is 14.2. The van der Waals surface area contributed by atoms with Crippen molar-refractivity contribution in [3.05, 3.63) is 58.4 Å². The molecule has 0 unspecified atom stereocenters. The van der Waals surface area contributed by atoms with Crippen molar-refractivity contribution >= 4 is 23.2 Å². The molecule has 3 rings (SSSR count). The number of methoxy groups -OCH3 is 1. The van der Waals surface area contributed by atoms with Gasteiger partial charge in [-0.15, -0.1) is 0 Å². The quantitative estimate of drug-likeness (QED) is 0.826. The number of amides is 1. The summed E-state index contributed by atoms with van der Waals surface area (Å²) >= 11 is 0. The van der Waals surface area contributed by atoms with Gasteiger partial charge in [0.1, 0.15) is 11.6 Å². The van der Waals surface area contributed by atoms with Gasteiger partial charge in [0.2, 0.25) is 0 Å². The van der Waals surface area contributed by atoms with Crippen LogP contribution in [0.25, 0.3) is 11.6 Å². The fraction of sp³-hybridized carbons (Fsp3) is 0.250. The Hall–Kier alpha value is -2.62. The molecular weight excluding hydrogens is 305 g/mol. The molecule has 0 spiro atoms. The number of rotatable bonds is 3. The summed E-state index contributed by atoms with van der Waals surface area (Å²) in [6.45, 7) is 6.16. The highest BCUT2D eigenvalue weighted by Crippen LogP contribution is 2.36.